The van der Waals surface area contributed by atoms with Crippen molar-refractivity contribution in [1.82, 2.24) is 25.9 Å². The molecular weight excluding hydrogens is 194 g/mol. The van der Waals surface area contributed by atoms with Gasteiger partial charge in [-0.25, -0.2) is 0 Å². The summed E-state index contributed by atoms with van der Waals surface area (Å²) in [7, 11) is 0. The monoisotopic (exact) mass is 211 g/mol. The van der Waals surface area contributed by atoms with Crippen LogP contribution in [-0.2, 0) is 4.74 Å². The fraction of sp³-hybridized carbons (Fsp3) is 0.889. The largest absolute Gasteiger partial charge is 0.378 e. The fourth-order valence-corrected chi connectivity index (χ4v) is 1.85. The number of hydrogen-bond donors (Lipinski definition) is 2. The van der Waals surface area contributed by atoms with Crippen LogP contribution in [0.2, 0.25) is 0 Å². The molecule has 1 heterocycles. The fourth-order valence-electron chi connectivity index (χ4n) is 1.85. The van der Waals surface area contributed by atoms with Crippen LogP contribution in [0, 0.1) is 0 Å². The Morgan fingerprint density at radius 3 is 3.00 bits per heavy atom. The summed E-state index contributed by atoms with van der Waals surface area (Å²) in [5.41, 5.74) is 0. The number of aromatic amines is 1. The second kappa shape index (κ2) is 4.67. The molecule has 2 rings (SSSR count). The van der Waals surface area contributed by atoms with E-state index in [0.29, 0.717) is 12.1 Å². The van der Waals surface area contributed by atoms with Gasteiger partial charge in [-0.1, -0.05) is 5.21 Å². The van der Waals surface area contributed by atoms with Crippen molar-refractivity contribution < 1.29 is 4.74 Å². The van der Waals surface area contributed by atoms with Gasteiger partial charge < -0.3 is 10.1 Å². The van der Waals surface area contributed by atoms with Gasteiger partial charge in [-0.15, -0.1) is 10.2 Å². The highest BCUT2D eigenvalue weighted by atomic mass is 16.5. The van der Waals surface area contributed by atoms with Crippen molar-refractivity contribution in [1.29, 1.82) is 0 Å². The molecule has 1 aliphatic rings. The summed E-state index contributed by atoms with van der Waals surface area (Å²) < 4.78 is 5.49. The van der Waals surface area contributed by atoms with Gasteiger partial charge >= 0.3 is 0 Å². The average molecular weight is 211 g/mol. The SMILES string of the molecule is CCOC1CC(NC(C)c2nn[nH]n2)C1. The molecule has 0 aliphatic heterocycles. The third-order valence-electron chi connectivity index (χ3n) is 2.73. The zero-order valence-electron chi connectivity index (χ0n) is 9.10. The number of hydrogen-bond acceptors (Lipinski definition) is 5. The molecule has 0 saturated heterocycles. The van der Waals surface area contributed by atoms with E-state index in [2.05, 4.69) is 25.9 Å². The molecular formula is C9H17N5O. The second-order valence-corrected chi connectivity index (χ2v) is 3.90. The van der Waals surface area contributed by atoms with E-state index in [0.717, 1.165) is 25.3 Å². The molecule has 0 amide bonds. The van der Waals surface area contributed by atoms with Crippen molar-refractivity contribution in [3.8, 4) is 0 Å². The molecule has 1 atom stereocenters. The topological polar surface area (TPSA) is 75.7 Å². The van der Waals surface area contributed by atoms with Gasteiger partial charge in [-0.05, 0) is 26.7 Å². The van der Waals surface area contributed by atoms with Crippen LogP contribution in [0.1, 0.15) is 38.6 Å². The predicted molar refractivity (Wildman–Crippen MR) is 54.2 cm³/mol. The van der Waals surface area contributed by atoms with Crippen molar-refractivity contribution in [2.75, 3.05) is 6.61 Å². The van der Waals surface area contributed by atoms with Crippen molar-refractivity contribution >= 4 is 0 Å². The lowest BCUT2D eigenvalue weighted by Crippen LogP contribution is -2.46. The molecule has 0 aromatic carbocycles. The normalized spacial score (nSPS) is 27.3. The van der Waals surface area contributed by atoms with Crippen LogP contribution in [0.3, 0.4) is 0 Å². The smallest absolute Gasteiger partial charge is 0.191 e. The molecule has 0 bridgehead atoms. The number of tetrazole rings is 1. The summed E-state index contributed by atoms with van der Waals surface area (Å²) in [6.07, 6.45) is 2.59. The lowest BCUT2D eigenvalue weighted by Gasteiger charge is -2.36. The Hall–Kier alpha value is -1.01. The first-order chi connectivity index (χ1) is 7.29. The number of ether oxygens (including phenoxy) is 1. The summed E-state index contributed by atoms with van der Waals surface area (Å²) in [5.74, 6) is 0.717. The highest BCUT2D eigenvalue weighted by Crippen LogP contribution is 2.25. The van der Waals surface area contributed by atoms with Gasteiger partial charge in [0.05, 0.1) is 12.1 Å². The number of rotatable bonds is 5. The molecule has 2 N–H and O–H groups in total. The minimum Gasteiger partial charge on any atom is -0.378 e. The number of nitrogens with one attached hydrogen (secondary N) is 2. The molecule has 15 heavy (non-hydrogen) atoms. The summed E-state index contributed by atoms with van der Waals surface area (Å²) in [6.45, 7) is 4.87. The molecule has 0 radical (unpaired) electrons. The first-order valence-corrected chi connectivity index (χ1v) is 5.40. The number of H-pyrrole nitrogens is 1. The molecule has 6 nitrogen and oxygen atoms in total. The number of nitrogens with zero attached hydrogens (tertiary/aromatic N) is 3. The van der Waals surface area contributed by atoms with E-state index < -0.39 is 0 Å². The highest BCUT2D eigenvalue weighted by molar-refractivity contribution is 4.93. The van der Waals surface area contributed by atoms with Gasteiger partial charge in [0.1, 0.15) is 0 Å². The Bertz CT molecular complexity index is 283. The number of aromatic nitrogens is 4. The van der Waals surface area contributed by atoms with Gasteiger partial charge in [0.15, 0.2) is 5.82 Å². The molecule has 1 saturated carbocycles. The zero-order valence-corrected chi connectivity index (χ0v) is 9.10. The van der Waals surface area contributed by atoms with Crippen LogP contribution in [0.4, 0.5) is 0 Å². The standard InChI is InChI=1S/C9H17N5O/c1-3-15-8-4-7(5-8)10-6(2)9-11-13-14-12-9/h6-8,10H,3-5H2,1-2H3,(H,11,12,13,14). The molecule has 0 spiro atoms. The van der Waals surface area contributed by atoms with Crippen LogP contribution in [0.15, 0.2) is 0 Å². The van der Waals surface area contributed by atoms with Crippen LogP contribution in [0.25, 0.3) is 0 Å². The van der Waals surface area contributed by atoms with E-state index in [1.54, 1.807) is 0 Å². The van der Waals surface area contributed by atoms with E-state index >= 15 is 0 Å². The van der Waals surface area contributed by atoms with E-state index in [9.17, 15) is 0 Å². The lowest BCUT2D eigenvalue weighted by molar-refractivity contribution is -0.0122. The third kappa shape index (κ3) is 2.51. The Kier molecular flexibility index (Phi) is 3.27. The predicted octanol–water partition coefficient (Wildman–Crippen LogP) is 0.418. The lowest BCUT2D eigenvalue weighted by atomic mass is 9.88. The Morgan fingerprint density at radius 2 is 2.40 bits per heavy atom. The van der Waals surface area contributed by atoms with Gasteiger partial charge in [0.2, 0.25) is 0 Å². The molecule has 1 unspecified atom stereocenters. The van der Waals surface area contributed by atoms with Crippen molar-refractivity contribution in [3.05, 3.63) is 5.82 Å². The highest BCUT2D eigenvalue weighted by Gasteiger charge is 2.30. The molecule has 1 aliphatic carbocycles. The van der Waals surface area contributed by atoms with E-state index in [1.807, 2.05) is 13.8 Å². The van der Waals surface area contributed by atoms with Crippen LogP contribution >= 0.6 is 0 Å². The first-order valence-electron chi connectivity index (χ1n) is 5.40. The molecule has 84 valence electrons. The van der Waals surface area contributed by atoms with Crippen LogP contribution < -0.4 is 5.32 Å². The Morgan fingerprint density at radius 1 is 1.60 bits per heavy atom. The molecule has 1 aromatic heterocycles. The van der Waals surface area contributed by atoms with Gasteiger partial charge in [-0.2, -0.15) is 5.21 Å². The van der Waals surface area contributed by atoms with Crippen molar-refractivity contribution in [3.63, 3.8) is 0 Å². The van der Waals surface area contributed by atoms with Crippen LogP contribution in [0.5, 0.6) is 0 Å². The quantitative estimate of drug-likeness (QED) is 0.738. The second-order valence-electron chi connectivity index (χ2n) is 3.90. The Labute approximate surface area is 88.8 Å². The average Bonchev–Trinajstić information content (AvgIpc) is 2.67. The van der Waals surface area contributed by atoms with E-state index in [1.165, 1.54) is 0 Å². The van der Waals surface area contributed by atoms with Gasteiger partial charge in [0.25, 0.3) is 0 Å². The van der Waals surface area contributed by atoms with E-state index in [4.69, 9.17) is 4.74 Å². The summed E-state index contributed by atoms with van der Waals surface area (Å²) in [5, 5.41) is 17.3. The van der Waals surface area contributed by atoms with E-state index in [-0.39, 0.29) is 6.04 Å². The minimum absolute atomic E-state index is 0.149. The maximum atomic E-state index is 5.49. The summed E-state index contributed by atoms with van der Waals surface area (Å²) in [4.78, 5) is 0. The zero-order chi connectivity index (χ0) is 10.7. The first kappa shape index (κ1) is 10.5. The van der Waals surface area contributed by atoms with Crippen molar-refractivity contribution in [2.45, 2.75) is 44.9 Å². The summed E-state index contributed by atoms with van der Waals surface area (Å²) in [6, 6.07) is 0.673. The van der Waals surface area contributed by atoms with Crippen LogP contribution in [-0.4, -0.2) is 39.4 Å². The van der Waals surface area contributed by atoms with Crippen molar-refractivity contribution in [2.24, 2.45) is 0 Å². The maximum Gasteiger partial charge on any atom is 0.191 e. The molecule has 1 fully saturated rings. The minimum atomic E-state index is 0.149. The summed E-state index contributed by atoms with van der Waals surface area (Å²) >= 11 is 0. The maximum absolute atomic E-state index is 5.49. The third-order valence-corrected chi connectivity index (χ3v) is 2.73. The van der Waals surface area contributed by atoms with Gasteiger partial charge in [-0.3, -0.25) is 0 Å². The van der Waals surface area contributed by atoms with Gasteiger partial charge in [0, 0.05) is 12.6 Å². The molecule has 6 heteroatoms. The molecule has 1 aromatic rings. The Balaban J connectivity index is 1.71.